The number of rotatable bonds is 12. The van der Waals surface area contributed by atoms with E-state index in [0.717, 1.165) is 58.9 Å². The van der Waals surface area contributed by atoms with Gasteiger partial charge in [0.1, 0.15) is 0 Å². The largest absolute Gasteiger partial charge is 0.481 e. The molecule has 1 heterocycles. The van der Waals surface area contributed by atoms with Gasteiger partial charge in [-0.25, -0.2) is 4.98 Å². The van der Waals surface area contributed by atoms with Crippen LogP contribution in [-0.4, -0.2) is 21.5 Å². The maximum Gasteiger partial charge on any atom is 0.303 e. The van der Waals surface area contributed by atoms with E-state index in [1.165, 1.54) is 31.2 Å². The number of benzene rings is 3. The lowest BCUT2D eigenvalue weighted by molar-refractivity contribution is -0.137. The zero-order chi connectivity index (χ0) is 22.9. The number of carboxylic acids is 1. The molecule has 0 unspecified atom stereocenters. The number of carbonyl (C=O) groups is 1. The standard InChI is InChI=1S/C29H32N2O2.ClH.H2O/c32-28(33)17-7-5-3-1-2-4-6-12-22-18-20-23(21-19-22)30-29-24-13-8-10-15-26(24)31-27-16-11-9-14-25(27)29;;/h8-11,13-16,18-21H,1-7,12,17H2,(H,30,31)(H,32,33);1H;1H2. The Hall–Kier alpha value is -3.15. The second-order valence-corrected chi connectivity index (χ2v) is 8.71. The number of aliphatic carboxylic acids is 1. The van der Waals surface area contributed by atoms with Gasteiger partial charge in [-0.1, -0.05) is 80.6 Å². The fourth-order valence-electron chi connectivity index (χ4n) is 4.36. The molecule has 1 aromatic heterocycles. The van der Waals surface area contributed by atoms with Gasteiger partial charge in [-0.15, -0.1) is 12.4 Å². The van der Waals surface area contributed by atoms with E-state index >= 15 is 0 Å². The molecule has 4 rings (SSSR count). The van der Waals surface area contributed by atoms with Gasteiger partial charge in [0.15, 0.2) is 0 Å². The van der Waals surface area contributed by atoms with Crippen molar-refractivity contribution in [1.82, 2.24) is 4.98 Å². The van der Waals surface area contributed by atoms with Crippen molar-refractivity contribution in [1.29, 1.82) is 0 Å². The molecule has 4 N–H and O–H groups in total. The summed E-state index contributed by atoms with van der Waals surface area (Å²) in [6.45, 7) is 0. The van der Waals surface area contributed by atoms with Crippen molar-refractivity contribution in [2.75, 3.05) is 5.32 Å². The Bertz CT molecular complexity index is 1160. The quantitative estimate of drug-likeness (QED) is 0.158. The molecule has 3 aromatic carbocycles. The summed E-state index contributed by atoms with van der Waals surface area (Å²) in [6, 6.07) is 25.3. The first kappa shape index (κ1) is 28.1. The molecule has 6 heteroatoms. The van der Waals surface area contributed by atoms with Gasteiger partial charge in [-0.3, -0.25) is 4.79 Å². The number of aromatic nitrogens is 1. The molecule has 0 aliphatic carbocycles. The van der Waals surface area contributed by atoms with Crippen molar-refractivity contribution in [2.24, 2.45) is 0 Å². The fraction of sp³-hybridized carbons (Fsp3) is 0.310. The summed E-state index contributed by atoms with van der Waals surface area (Å²) >= 11 is 0. The minimum absolute atomic E-state index is 0. The number of pyridine rings is 1. The monoisotopic (exact) mass is 494 g/mol. The van der Waals surface area contributed by atoms with Gasteiger partial charge in [-0.05, 0) is 49.1 Å². The van der Waals surface area contributed by atoms with E-state index in [-0.39, 0.29) is 17.9 Å². The molecule has 0 spiro atoms. The number of anilines is 2. The highest BCUT2D eigenvalue weighted by Gasteiger charge is 2.09. The summed E-state index contributed by atoms with van der Waals surface area (Å²) in [7, 11) is 0. The number of hydrogen-bond donors (Lipinski definition) is 2. The van der Waals surface area contributed by atoms with Crippen LogP contribution in [0.25, 0.3) is 21.8 Å². The molecular formula is C29H35ClN2O3. The van der Waals surface area contributed by atoms with Gasteiger partial charge in [0, 0.05) is 22.9 Å². The molecule has 0 fully saturated rings. The first-order valence-corrected chi connectivity index (χ1v) is 12.1. The maximum absolute atomic E-state index is 10.5. The summed E-state index contributed by atoms with van der Waals surface area (Å²) in [4.78, 5) is 15.3. The third kappa shape index (κ3) is 7.94. The number of hydrogen-bond acceptors (Lipinski definition) is 3. The van der Waals surface area contributed by atoms with E-state index in [2.05, 4.69) is 66.0 Å². The molecule has 0 radical (unpaired) electrons. The van der Waals surface area contributed by atoms with Crippen molar-refractivity contribution >= 4 is 51.6 Å². The smallest absolute Gasteiger partial charge is 0.303 e. The van der Waals surface area contributed by atoms with Crippen molar-refractivity contribution in [3.05, 3.63) is 78.4 Å². The molecule has 35 heavy (non-hydrogen) atoms. The molecule has 0 bridgehead atoms. The molecule has 0 saturated heterocycles. The number of halogens is 1. The fourth-order valence-corrected chi connectivity index (χ4v) is 4.36. The molecule has 0 saturated carbocycles. The third-order valence-corrected chi connectivity index (χ3v) is 6.17. The maximum atomic E-state index is 10.5. The first-order valence-electron chi connectivity index (χ1n) is 12.1. The molecule has 0 amide bonds. The molecule has 5 nitrogen and oxygen atoms in total. The van der Waals surface area contributed by atoms with Crippen LogP contribution >= 0.6 is 12.4 Å². The van der Waals surface area contributed by atoms with Crippen LogP contribution in [-0.2, 0) is 11.2 Å². The van der Waals surface area contributed by atoms with Gasteiger partial charge in [0.2, 0.25) is 0 Å². The zero-order valence-corrected chi connectivity index (χ0v) is 20.8. The Balaban J connectivity index is 0.00000216. The lowest BCUT2D eigenvalue weighted by Crippen LogP contribution is -1.96. The number of nitrogens with one attached hydrogen (secondary N) is 1. The van der Waals surface area contributed by atoms with E-state index in [1.807, 2.05) is 12.1 Å². The number of fused-ring (bicyclic) bond motifs is 2. The summed E-state index contributed by atoms with van der Waals surface area (Å²) in [6.07, 6.45) is 9.25. The Morgan fingerprint density at radius 3 is 1.80 bits per heavy atom. The predicted octanol–water partition coefficient (Wildman–Crippen LogP) is 7.48. The van der Waals surface area contributed by atoms with Crippen LogP contribution in [0.2, 0.25) is 0 Å². The number of carboxylic acid groups (broad SMARTS) is 1. The lowest BCUT2D eigenvalue weighted by atomic mass is 10.0. The van der Waals surface area contributed by atoms with Crippen LogP contribution in [0, 0.1) is 0 Å². The Labute approximate surface area is 213 Å². The van der Waals surface area contributed by atoms with E-state index in [4.69, 9.17) is 10.1 Å². The zero-order valence-electron chi connectivity index (χ0n) is 20.0. The van der Waals surface area contributed by atoms with Crippen molar-refractivity contribution in [3.8, 4) is 0 Å². The highest BCUT2D eigenvalue weighted by atomic mass is 35.5. The van der Waals surface area contributed by atoms with Gasteiger partial charge in [0.25, 0.3) is 0 Å². The molecule has 0 atom stereocenters. The van der Waals surface area contributed by atoms with Crippen molar-refractivity contribution in [2.45, 2.75) is 57.8 Å². The van der Waals surface area contributed by atoms with Crippen LogP contribution in [0.1, 0.15) is 56.9 Å². The number of nitrogens with zero attached hydrogens (tertiary/aromatic N) is 1. The van der Waals surface area contributed by atoms with Crippen molar-refractivity contribution in [3.63, 3.8) is 0 Å². The van der Waals surface area contributed by atoms with Crippen LogP contribution < -0.4 is 5.32 Å². The molecule has 4 aromatic rings. The molecular weight excluding hydrogens is 460 g/mol. The van der Waals surface area contributed by atoms with Gasteiger partial charge < -0.3 is 15.9 Å². The number of unbranched alkanes of at least 4 members (excludes halogenated alkanes) is 6. The first-order chi connectivity index (χ1) is 16.2. The van der Waals surface area contributed by atoms with E-state index in [1.54, 1.807) is 0 Å². The summed E-state index contributed by atoms with van der Waals surface area (Å²) in [5.74, 6) is -0.682. The van der Waals surface area contributed by atoms with E-state index < -0.39 is 5.97 Å². The minimum atomic E-state index is -0.682. The average Bonchev–Trinajstić information content (AvgIpc) is 2.83. The van der Waals surface area contributed by atoms with Gasteiger partial charge >= 0.3 is 5.97 Å². The van der Waals surface area contributed by atoms with E-state index in [0.29, 0.717) is 6.42 Å². The normalized spacial score (nSPS) is 10.5. The Morgan fingerprint density at radius 2 is 1.23 bits per heavy atom. The summed E-state index contributed by atoms with van der Waals surface area (Å²) < 4.78 is 0. The second kappa shape index (κ2) is 14.3. The van der Waals surface area contributed by atoms with Crippen LogP contribution in [0.3, 0.4) is 0 Å². The van der Waals surface area contributed by atoms with Gasteiger partial charge in [-0.2, -0.15) is 0 Å². The molecule has 0 aliphatic rings. The Kier molecular flexibility index (Phi) is 11.5. The molecule has 186 valence electrons. The van der Waals surface area contributed by atoms with E-state index in [9.17, 15) is 4.79 Å². The number of para-hydroxylation sites is 2. The summed E-state index contributed by atoms with van der Waals surface area (Å²) in [5, 5.41) is 14.6. The highest BCUT2D eigenvalue weighted by molar-refractivity contribution is 6.08. The van der Waals surface area contributed by atoms with Crippen molar-refractivity contribution < 1.29 is 15.4 Å². The third-order valence-electron chi connectivity index (χ3n) is 6.17. The number of aryl methyl sites for hydroxylation is 1. The molecule has 0 aliphatic heterocycles. The second-order valence-electron chi connectivity index (χ2n) is 8.71. The van der Waals surface area contributed by atoms with Crippen LogP contribution in [0.4, 0.5) is 11.4 Å². The van der Waals surface area contributed by atoms with Crippen LogP contribution in [0.15, 0.2) is 72.8 Å². The SMILES string of the molecule is Cl.O.O=C(O)CCCCCCCCCc1ccc(Nc2c3ccccc3nc3ccccc23)cc1. The predicted molar refractivity (Wildman–Crippen MR) is 148 cm³/mol. The topological polar surface area (TPSA) is 93.7 Å². The lowest BCUT2D eigenvalue weighted by Gasteiger charge is -2.13. The van der Waals surface area contributed by atoms with Crippen LogP contribution in [0.5, 0.6) is 0 Å². The average molecular weight is 495 g/mol. The van der Waals surface area contributed by atoms with Gasteiger partial charge in [0.05, 0.1) is 16.7 Å². The highest BCUT2D eigenvalue weighted by Crippen LogP contribution is 2.33. The minimum Gasteiger partial charge on any atom is -0.481 e. The Morgan fingerprint density at radius 1 is 0.714 bits per heavy atom. The summed E-state index contributed by atoms with van der Waals surface area (Å²) in [5.41, 5.74) is 5.55.